The van der Waals surface area contributed by atoms with E-state index in [9.17, 15) is 5.11 Å². The standard InChI is InChI=1S/C13H11N3O2S/c1-8-15-16-13(18-8)19-12-10(7-17)6-9-4-2-3-5-11(9)14-12/h2-6,17H,7H2,1H3. The predicted molar refractivity (Wildman–Crippen MR) is 70.8 cm³/mol. The van der Waals surface area contributed by atoms with Crippen LogP contribution in [-0.4, -0.2) is 20.3 Å². The molecular formula is C13H11N3O2S. The SMILES string of the molecule is Cc1nnc(Sc2nc3ccccc3cc2CO)o1. The van der Waals surface area contributed by atoms with Crippen LogP contribution >= 0.6 is 11.8 Å². The number of benzene rings is 1. The fraction of sp³-hybridized carbons (Fsp3) is 0.154. The van der Waals surface area contributed by atoms with Gasteiger partial charge in [0, 0.05) is 17.9 Å². The topological polar surface area (TPSA) is 72.0 Å². The van der Waals surface area contributed by atoms with Crippen LogP contribution in [0.15, 0.2) is 45.0 Å². The van der Waals surface area contributed by atoms with Crippen molar-refractivity contribution in [2.24, 2.45) is 0 Å². The number of aryl methyl sites for hydroxylation is 1. The molecule has 0 spiro atoms. The molecule has 0 aliphatic heterocycles. The van der Waals surface area contributed by atoms with Crippen LogP contribution < -0.4 is 0 Å². The van der Waals surface area contributed by atoms with Crippen molar-refractivity contribution >= 4 is 22.7 Å². The van der Waals surface area contributed by atoms with Crippen molar-refractivity contribution in [2.75, 3.05) is 0 Å². The fourth-order valence-corrected chi connectivity index (χ4v) is 2.55. The molecule has 3 aromatic rings. The molecule has 0 bridgehead atoms. The van der Waals surface area contributed by atoms with E-state index in [1.165, 1.54) is 11.8 Å². The van der Waals surface area contributed by atoms with Gasteiger partial charge in [-0.1, -0.05) is 18.2 Å². The first-order valence-electron chi connectivity index (χ1n) is 5.74. The highest BCUT2D eigenvalue weighted by molar-refractivity contribution is 7.99. The number of aliphatic hydroxyl groups excluding tert-OH is 1. The van der Waals surface area contributed by atoms with Crippen molar-refractivity contribution in [3.05, 3.63) is 41.8 Å². The first-order chi connectivity index (χ1) is 9.26. The Balaban J connectivity index is 2.05. The van der Waals surface area contributed by atoms with Gasteiger partial charge in [0.05, 0.1) is 12.1 Å². The molecular weight excluding hydrogens is 262 g/mol. The maximum atomic E-state index is 9.44. The van der Waals surface area contributed by atoms with Crippen LogP contribution in [0.1, 0.15) is 11.5 Å². The van der Waals surface area contributed by atoms with Crippen LogP contribution in [0.4, 0.5) is 0 Å². The van der Waals surface area contributed by atoms with E-state index in [0.717, 1.165) is 16.5 Å². The monoisotopic (exact) mass is 273 g/mol. The lowest BCUT2D eigenvalue weighted by Crippen LogP contribution is -1.93. The van der Waals surface area contributed by atoms with E-state index in [2.05, 4.69) is 15.2 Å². The van der Waals surface area contributed by atoms with Gasteiger partial charge in [0.2, 0.25) is 5.89 Å². The molecule has 0 aliphatic carbocycles. The summed E-state index contributed by atoms with van der Waals surface area (Å²) in [7, 11) is 0. The zero-order valence-corrected chi connectivity index (χ0v) is 11.0. The number of aliphatic hydroxyl groups is 1. The van der Waals surface area contributed by atoms with E-state index < -0.39 is 0 Å². The van der Waals surface area contributed by atoms with Crippen molar-refractivity contribution in [1.82, 2.24) is 15.2 Å². The Morgan fingerprint density at radius 3 is 2.84 bits per heavy atom. The van der Waals surface area contributed by atoms with E-state index in [1.54, 1.807) is 6.92 Å². The summed E-state index contributed by atoms with van der Waals surface area (Å²) in [5, 5.41) is 19.2. The molecule has 0 fully saturated rings. The van der Waals surface area contributed by atoms with Crippen LogP contribution in [0.2, 0.25) is 0 Å². The number of rotatable bonds is 3. The van der Waals surface area contributed by atoms with Gasteiger partial charge in [0.25, 0.3) is 5.22 Å². The smallest absolute Gasteiger partial charge is 0.282 e. The molecule has 96 valence electrons. The number of para-hydroxylation sites is 1. The van der Waals surface area contributed by atoms with Crippen molar-refractivity contribution < 1.29 is 9.52 Å². The first kappa shape index (κ1) is 12.1. The van der Waals surface area contributed by atoms with Crippen LogP contribution in [0.3, 0.4) is 0 Å². The van der Waals surface area contributed by atoms with Gasteiger partial charge in [0.15, 0.2) is 0 Å². The third kappa shape index (κ3) is 2.45. The Hall–Kier alpha value is -1.92. The normalized spacial score (nSPS) is 11.1. The quantitative estimate of drug-likeness (QED) is 0.790. The minimum absolute atomic E-state index is 0.0761. The largest absolute Gasteiger partial charge is 0.416 e. The van der Waals surface area contributed by atoms with E-state index in [0.29, 0.717) is 16.1 Å². The molecule has 1 N–H and O–H groups in total. The van der Waals surface area contributed by atoms with Crippen molar-refractivity contribution in [3.8, 4) is 0 Å². The Bertz CT molecular complexity index is 727. The Morgan fingerprint density at radius 2 is 2.11 bits per heavy atom. The van der Waals surface area contributed by atoms with Crippen molar-refractivity contribution in [2.45, 2.75) is 23.8 Å². The van der Waals surface area contributed by atoms with Gasteiger partial charge in [-0.15, -0.1) is 10.2 Å². The van der Waals surface area contributed by atoms with Gasteiger partial charge >= 0.3 is 0 Å². The van der Waals surface area contributed by atoms with Crippen LogP contribution in [0.25, 0.3) is 10.9 Å². The lowest BCUT2D eigenvalue weighted by Gasteiger charge is -2.06. The minimum Gasteiger partial charge on any atom is -0.416 e. The summed E-state index contributed by atoms with van der Waals surface area (Å²) in [5.74, 6) is 0.508. The number of fused-ring (bicyclic) bond motifs is 1. The van der Waals surface area contributed by atoms with Gasteiger partial charge in [-0.3, -0.25) is 0 Å². The third-order valence-electron chi connectivity index (χ3n) is 2.63. The zero-order valence-electron chi connectivity index (χ0n) is 10.2. The lowest BCUT2D eigenvalue weighted by molar-refractivity contribution is 0.278. The van der Waals surface area contributed by atoms with Crippen molar-refractivity contribution in [3.63, 3.8) is 0 Å². The summed E-state index contributed by atoms with van der Waals surface area (Å²) < 4.78 is 5.32. The van der Waals surface area contributed by atoms with Crippen LogP contribution in [-0.2, 0) is 6.61 Å². The molecule has 0 radical (unpaired) electrons. The minimum atomic E-state index is -0.0761. The van der Waals surface area contributed by atoms with Crippen LogP contribution in [0.5, 0.6) is 0 Å². The fourth-order valence-electron chi connectivity index (χ4n) is 1.75. The Kier molecular flexibility index (Phi) is 3.18. The molecule has 0 aliphatic rings. The summed E-state index contributed by atoms with van der Waals surface area (Å²) in [4.78, 5) is 4.53. The number of nitrogens with zero attached hydrogens (tertiary/aromatic N) is 3. The summed E-state index contributed by atoms with van der Waals surface area (Å²) in [6, 6.07) is 9.69. The predicted octanol–water partition coefficient (Wildman–Crippen LogP) is 2.57. The average molecular weight is 273 g/mol. The van der Waals surface area contributed by atoms with Crippen LogP contribution in [0, 0.1) is 6.92 Å². The molecule has 1 aromatic carbocycles. The zero-order chi connectivity index (χ0) is 13.2. The van der Waals surface area contributed by atoms with E-state index in [4.69, 9.17) is 4.42 Å². The summed E-state index contributed by atoms with van der Waals surface area (Å²) >= 11 is 1.26. The molecule has 19 heavy (non-hydrogen) atoms. The molecule has 0 saturated carbocycles. The van der Waals surface area contributed by atoms with Gasteiger partial charge in [-0.05, 0) is 23.9 Å². The molecule has 0 atom stereocenters. The summed E-state index contributed by atoms with van der Waals surface area (Å²) in [6.07, 6.45) is 0. The third-order valence-corrected chi connectivity index (χ3v) is 3.51. The van der Waals surface area contributed by atoms with Gasteiger partial charge in [-0.2, -0.15) is 0 Å². The van der Waals surface area contributed by atoms with Gasteiger partial charge in [0.1, 0.15) is 5.03 Å². The van der Waals surface area contributed by atoms with E-state index in [1.807, 2.05) is 30.3 Å². The van der Waals surface area contributed by atoms with E-state index in [-0.39, 0.29) is 6.61 Å². The highest BCUT2D eigenvalue weighted by Crippen LogP contribution is 2.30. The maximum Gasteiger partial charge on any atom is 0.282 e. The summed E-state index contributed by atoms with van der Waals surface area (Å²) in [6.45, 7) is 1.66. The molecule has 3 rings (SSSR count). The number of hydrogen-bond donors (Lipinski definition) is 1. The number of aromatic nitrogens is 3. The second kappa shape index (κ2) is 4.99. The molecule has 5 nitrogen and oxygen atoms in total. The number of pyridine rings is 1. The molecule has 0 saturated heterocycles. The number of hydrogen-bond acceptors (Lipinski definition) is 6. The molecule has 0 amide bonds. The first-order valence-corrected chi connectivity index (χ1v) is 6.55. The van der Waals surface area contributed by atoms with Gasteiger partial charge in [-0.25, -0.2) is 4.98 Å². The highest BCUT2D eigenvalue weighted by Gasteiger charge is 2.11. The molecule has 2 aromatic heterocycles. The molecule has 2 heterocycles. The Morgan fingerprint density at radius 1 is 1.26 bits per heavy atom. The average Bonchev–Trinajstić information content (AvgIpc) is 2.83. The molecule has 0 unspecified atom stereocenters. The highest BCUT2D eigenvalue weighted by atomic mass is 32.2. The molecule has 6 heteroatoms. The maximum absolute atomic E-state index is 9.44. The van der Waals surface area contributed by atoms with E-state index >= 15 is 0 Å². The Labute approximate surface area is 113 Å². The second-order valence-corrected chi connectivity index (χ2v) is 4.93. The summed E-state index contributed by atoms with van der Waals surface area (Å²) in [5.41, 5.74) is 1.62. The van der Waals surface area contributed by atoms with Gasteiger partial charge < -0.3 is 9.52 Å². The second-order valence-electron chi connectivity index (χ2n) is 3.99. The lowest BCUT2D eigenvalue weighted by atomic mass is 10.2. The van der Waals surface area contributed by atoms with Crippen molar-refractivity contribution in [1.29, 1.82) is 0 Å².